The zero-order valence-corrected chi connectivity index (χ0v) is 11.3. The molecule has 2 aromatic rings. The Morgan fingerprint density at radius 1 is 1.33 bits per heavy atom. The first-order valence-electron chi connectivity index (χ1n) is 6.50. The fourth-order valence-corrected chi connectivity index (χ4v) is 1.82. The summed E-state index contributed by atoms with van der Waals surface area (Å²) >= 11 is 0. The number of hydrogen-bond donors (Lipinski definition) is 1. The Bertz CT molecular complexity index is 713. The van der Waals surface area contributed by atoms with Crippen LogP contribution in [0.15, 0.2) is 47.5 Å². The number of benzene rings is 1. The molecular weight excluding hydrogens is 268 g/mol. The number of hydrogen-bond acceptors (Lipinski definition) is 4. The van der Waals surface area contributed by atoms with Crippen LogP contribution in [0.5, 0.6) is 0 Å². The largest absolute Gasteiger partial charge is 0.347 e. The molecule has 0 aliphatic carbocycles. The van der Waals surface area contributed by atoms with Gasteiger partial charge in [-0.25, -0.2) is 9.78 Å². The molecule has 1 amide bonds. The Morgan fingerprint density at radius 2 is 2.10 bits per heavy atom. The third-order valence-electron chi connectivity index (χ3n) is 2.88. The second kappa shape index (κ2) is 7.01. The average Bonchev–Trinajstić information content (AvgIpc) is 2.50. The van der Waals surface area contributed by atoms with E-state index in [1.165, 1.54) is 10.8 Å². The Morgan fingerprint density at radius 3 is 2.76 bits per heavy atom. The van der Waals surface area contributed by atoms with E-state index in [1.54, 1.807) is 36.5 Å². The number of amides is 1. The Hall–Kier alpha value is -2.94. The molecule has 0 aliphatic heterocycles. The van der Waals surface area contributed by atoms with E-state index in [1.807, 2.05) is 6.07 Å². The van der Waals surface area contributed by atoms with Gasteiger partial charge in [-0.15, -0.1) is 0 Å². The molecule has 1 N–H and O–H groups in total. The van der Waals surface area contributed by atoms with Crippen molar-refractivity contribution in [1.82, 2.24) is 9.55 Å². The summed E-state index contributed by atoms with van der Waals surface area (Å²) in [6.07, 6.45) is 3.94. The second-order valence-electron chi connectivity index (χ2n) is 4.44. The maximum absolute atomic E-state index is 11.8. The minimum absolute atomic E-state index is 0.128. The summed E-state index contributed by atoms with van der Waals surface area (Å²) in [4.78, 5) is 26.8. The second-order valence-corrected chi connectivity index (χ2v) is 4.44. The molecule has 0 spiro atoms. The minimum atomic E-state index is -0.315. The number of aryl methyl sites for hydroxylation is 1. The van der Waals surface area contributed by atoms with Crippen molar-refractivity contribution in [3.8, 4) is 6.07 Å². The molecule has 2 rings (SSSR count). The lowest BCUT2D eigenvalue weighted by atomic mass is 10.2. The van der Waals surface area contributed by atoms with E-state index in [9.17, 15) is 9.59 Å². The van der Waals surface area contributed by atoms with Crippen molar-refractivity contribution in [2.75, 3.05) is 5.32 Å². The van der Waals surface area contributed by atoms with Gasteiger partial charge in [0.1, 0.15) is 0 Å². The van der Waals surface area contributed by atoms with Gasteiger partial charge in [-0.2, -0.15) is 5.26 Å². The molecule has 21 heavy (non-hydrogen) atoms. The molecule has 0 radical (unpaired) electrons. The van der Waals surface area contributed by atoms with Crippen LogP contribution in [-0.2, 0) is 11.3 Å². The maximum atomic E-state index is 11.8. The number of nitrogens with one attached hydrogen (secondary N) is 1. The van der Waals surface area contributed by atoms with Gasteiger partial charge in [0.05, 0.1) is 11.6 Å². The van der Waals surface area contributed by atoms with Crippen molar-refractivity contribution in [3.05, 3.63) is 58.8 Å². The number of rotatable bonds is 5. The third-order valence-corrected chi connectivity index (χ3v) is 2.88. The number of carbonyl (C=O) groups is 1. The van der Waals surface area contributed by atoms with Gasteiger partial charge in [-0.05, 0) is 36.8 Å². The molecule has 1 aromatic carbocycles. The van der Waals surface area contributed by atoms with E-state index in [2.05, 4.69) is 10.3 Å². The highest BCUT2D eigenvalue weighted by atomic mass is 16.2. The van der Waals surface area contributed by atoms with E-state index in [0.717, 1.165) is 0 Å². The van der Waals surface area contributed by atoms with E-state index < -0.39 is 0 Å². The van der Waals surface area contributed by atoms with Crippen molar-refractivity contribution in [3.63, 3.8) is 0 Å². The normalized spacial score (nSPS) is 9.86. The summed E-state index contributed by atoms with van der Waals surface area (Å²) < 4.78 is 1.47. The molecule has 0 saturated heterocycles. The van der Waals surface area contributed by atoms with Crippen LogP contribution < -0.4 is 11.0 Å². The van der Waals surface area contributed by atoms with E-state index in [4.69, 9.17) is 5.26 Å². The van der Waals surface area contributed by atoms with Gasteiger partial charge in [0, 0.05) is 31.0 Å². The van der Waals surface area contributed by atoms with Crippen LogP contribution >= 0.6 is 0 Å². The standard InChI is InChI=1S/C15H14N4O2/c16-11-12-4-6-13(7-5-12)18-14(20)3-1-9-19-10-2-8-17-15(19)21/h2,4-8,10H,1,3,9H2,(H,18,20). The fraction of sp³-hybridized carbons (Fsp3) is 0.200. The molecule has 0 saturated carbocycles. The highest BCUT2D eigenvalue weighted by Gasteiger charge is 2.03. The fourth-order valence-electron chi connectivity index (χ4n) is 1.82. The molecule has 0 bridgehead atoms. The zero-order valence-electron chi connectivity index (χ0n) is 11.3. The van der Waals surface area contributed by atoms with Crippen molar-refractivity contribution < 1.29 is 4.79 Å². The molecule has 6 nitrogen and oxygen atoms in total. The smallest absolute Gasteiger partial charge is 0.326 e. The summed E-state index contributed by atoms with van der Waals surface area (Å²) in [5, 5.41) is 11.4. The number of anilines is 1. The molecule has 0 aliphatic rings. The van der Waals surface area contributed by atoms with E-state index in [-0.39, 0.29) is 11.6 Å². The zero-order chi connectivity index (χ0) is 15.1. The van der Waals surface area contributed by atoms with Crippen LogP contribution in [0.4, 0.5) is 5.69 Å². The molecular formula is C15H14N4O2. The van der Waals surface area contributed by atoms with Crippen molar-refractivity contribution in [2.24, 2.45) is 0 Å². The predicted octanol–water partition coefficient (Wildman–Crippen LogP) is 1.53. The Labute approximate surface area is 121 Å². The minimum Gasteiger partial charge on any atom is -0.326 e. The van der Waals surface area contributed by atoms with E-state index >= 15 is 0 Å². The molecule has 0 atom stereocenters. The average molecular weight is 282 g/mol. The molecule has 0 unspecified atom stereocenters. The van der Waals surface area contributed by atoms with Crippen LogP contribution in [0.3, 0.4) is 0 Å². The van der Waals surface area contributed by atoms with Crippen LogP contribution in [0, 0.1) is 11.3 Å². The highest BCUT2D eigenvalue weighted by molar-refractivity contribution is 5.90. The Balaban J connectivity index is 1.81. The van der Waals surface area contributed by atoms with Crippen molar-refractivity contribution >= 4 is 11.6 Å². The van der Waals surface area contributed by atoms with Crippen LogP contribution in [0.2, 0.25) is 0 Å². The lowest BCUT2D eigenvalue weighted by Gasteiger charge is -2.06. The third kappa shape index (κ3) is 4.28. The first kappa shape index (κ1) is 14.5. The predicted molar refractivity (Wildman–Crippen MR) is 77.5 cm³/mol. The highest BCUT2D eigenvalue weighted by Crippen LogP contribution is 2.09. The molecule has 106 valence electrons. The molecule has 6 heteroatoms. The first-order chi connectivity index (χ1) is 10.2. The van der Waals surface area contributed by atoms with Gasteiger partial charge in [-0.3, -0.25) is 9.36 Å². The van der Waals surface area contributed by atoms with Gasteiger partial charge in [0.15, 0.2) is 0 Å². The van der Waals surface area contributed by atoms with Crippen molar-refractivity contribution in [2.45, 2.75) is 19.4 Å². The summed E-state index contributed by atoms with van der Waals surface area (Å²) in [6, 6.07) is 10.3. The summed E-state index contributed by atoms with van der Waals surface area (Å²) in [7, 11) is 0. The first-order valence-corrected chi connectivity index (χ1v) is 6.50. The molecule has 1 aromatic heterocycles. The van der Waals surface area contributed by atoms with Gasteiger partial charge < -0.3 is 5.32 Å². The van der Waals surface area contributed by atoms with Crippen LogP contribution in [0.25, 0.3) is 0 Å². The number of nitrogens with zero attached hydrogens (tertiary/aromatic N) is 3. The number of nitriles is 1. The molecule has 1 heterocycles. The quantitative estimate of drug-likeness (QED) is 0.900. The number of aromatic nitrogens is 2. The van der Waals surface area contributed by atoms with Crippen LogP contribution in [-0.4, -0.2) is 15.5 Å². The topological polar surface area (TPSA) is 87.8 Å². The lowest BCUT2D eigenvalue weighted by molar-refractivity contribution is -0.116. The lowest BCUT2D eigenvalue weighted by Crippen LogP contribution is -2.22. The molecule has 0 fully saturated rings. The Kier molecular flexibility index (Phi) is 4.83. The van der Waals surface area contributed by atoms with Gasteiger partial charge in [0.2, 0.25) is 5.91 Å². The number of carbonyl (C=O) groups excluding carboxylic acids is 1. The van der Waals surface area contributed by atoms with Gasteiger partial charge in [0.25, 0.3) is 0 Å². The summed E-state index contributed by atoms with van der Waals surface area (Å²) in [5.41, 5.74) is 0.881. The SMILES string of the molecule is N#Cc1ccc(NC(=O)CCCn2cccnc2=O)cc1. The van der Waals surface area contributed by atoms with Gasteiger partial charge >= 0.3 is 5.69 Å². The van der Waals surface area contributed by atoms with Crippen molar-refractivity contribution in [1.29, 1.82) is 5.26 Å². The summed E-state index contributed by atoms with van der Waals surface area (Å²) in [6.45, 7) is 0.452. The maximum Gasteiger partial charge on any atom is 0.347 e. The summed E-state index contributed by atoms with van der Waals surface area (Å²) in [5.74, 6) is -0.128. The van der Waals surface area contributed by atoms with Crippen LogP contribution in [0.1, 0.15) is 18.4 Å². The van der Waals surface area contributed by atoms with E-state index in [0.29, 0.717) is 30.6 Å². The monoisotopic (exact) mass is 282 g/mol. The van der Waals surface area contributed by atoms with Gasteiger partial charge in [-0.1, -0.05) is 0 Å².